The van der Waals surface area contributed by atoms with E-state index in [1.165, 1.54) is 24.5 Å². The molecule has 0 bridgehead atoms. The molecule has 1 aromatic carbocycles. The smallest absolute Gasteiger partial charge is 0.148 e. The van der Waals surface area contributed by atoms with Crippen LogP contribution in [0.4, 0.5) is 4.39 Å². The topological polar surface area (TPSA) is 29.9 Å². The van der Waals surface area contributed by atoms with Crippen molar-refractivity contribution in [1.82, 2.24) is 15.1 Å². The molecule has 2 aromatic rings. The maximum absolute atomic E-state index is 13.9. The number of rotatable bonds is 4. The highest BCUT2D eigenvalue weighted by molar-refractivity contribution is 5.39. The molecule has 0 radical (unpaired) electrons. The quantitative estimate of drug-likeness (QED) is 0.897. The fourth-order valence-corrected chi connectivity index (χ4v) is 2.33. The van der Waals surface area contributed by atoms with Crippen LogP contribution >= 0.6 is 0 Å². The van der Waals surface area contributed by atoms with Gasteiger partial charge in [-0.2, -0.15) is 5.10 Å². The summed E-state index contributed by atoms with van der Waals surface area (Å²) in [5.41, 5.74) is 2.87. The number of nitrogens with zero attached hydrogens (tertiary/aromatic N) is 2. The third-order valence-electron chi connectivity index (χ3n) is 3.30. The van der Waals surface area contributed by atoms with Gasteiger partial charge in [-0.1, -0.05) is 12.1 Å². The van der Waals surface area contributed by atoms with Crippen LogP contribution in [0.5, 0.6) is 0 Å². The number of nitrogens with one attached hydrogen (secondary N) is 1. The molecule has 1 heterocycles. The zero-order valence-electron chi connectivity index (χ0n) is 10.4. The van der Waals surface area contributed by atoms with Crippen molar-refractivity contribution in [2.45, 2.75) is 25.3 Å². The Morgan fingerprint density at radius 2 is 2.17 bits per heavy atom. The van der Waals surface area contributed by atoms with E-state index in [1.807, 2.05) is 19.3 Å². The van der Waals surface area contributed by atoms with Crippen molar-refractivity contribution >= 4 is 0 Å². The van der Waals surface area contributed by atoms with Crippen molar-refractivity contribution in [3.63, 3.8) is 0 Å². The van der Waals surface area contributed by atoms with Crippen molar-refractivity contribution in [1.29, 1.82) is 0 Å². The molecule has 0 spiro atoms. The Morgan fingerprint density at radius 3 is 2.83 bits per heavy atom. The lowest BCUT2D eigenvalue weighted by Crippen LogP contribution is -2.09. The average molecular weight is 245 g/mol. The lowest BCUT2D eigenvalue weighted by Gasteiger charge is -2.09. The lowest BCUT2D eigenvalue weighted by atomic mass is 10.1. The molecule has 1 aliphatic rings. The summed E-state index contributed by atoms with van der Waals surface area (Å²) >= 11 is 0. The molecule has 1 N–H and O–H groups in total. The van der Waals surface area contributed by atoms with Gasteiger partial charge >= 0.3 is 0 Å². The molecule has 1 aliphatic carbocycles. The van der Waals surface area contributed by atoms with Gasteiger partial charge in [0.1, 0.15) is 11.5 Å². The summed E-state index contributed by atoms with van der Waals surface area (Å²) in [5, 5.41) is 7.50. The highest BCUT2D eigenvalue weighted by Crippen LogP contribution is 2.42. The number of aromatic nitrogens is 2. The second-order valence-corrected chi connectivity index (χ2v) is 4.72. The zero-order chi connectivity index (χ0) is 12.5. The predicted molar refractivity (Wildman–Crippen MR) is 68.3 cm³/mol. The number of hydrogen-bond donors (Lipinski definition) is 1. The molecule has 0 amide bonds. The second kappa shape index (κ2) is 4.53. The first-order valence-corrected chi connectivity index (χ1v) is 6.27. The van der Waals surface area contributed by atoms with Gasteiger partial charge in [0.2, 0.25) is 0 Å². The van der Waals surface area contributed by atoms with E-state index in [2.05, 4.69) is 10.4 Å². The Kier molecular flexibility index (Phi) is 2.88. The van der Waals surface area contributed by atoms with Gasteiger partial charge in [-0.25, -0.2) is 9.07 Å². The first-order valence-electron chi connectivity index (χ1n) is 6.27. The van der Waals surface area contributed by atoms with Crippen LogP contribution < -0.4 is 5.32 Å². The molecule has 0 saturated heterocycles. The van der Waals surface area contributed by atoms with Gasteiger partial charge in [0.05, 0.1) is 11.9 Å². The molecule has 1 aromatic heterocycles. The molecule has 4 heteroatoms. The molecular formula is C14H16FN3. The molecule has 1 saturated carbocycles. The third-order valence-corrected chi connectivity index (χ3v) is 3.30. The molecule has 1 fully saturated rings. The Bertz CT molecular complexity index is 558. The molecule has 3 nitrogen and oxygen atoms in total. The minimum atomic E-state index is -0.224. The third kappa shape index (κ3) is 1.93. The summed E-state index contributed by atoms with van der Waals surface area (Å²) in [6.45, 7) is 0.778. The summed E-state index contributed by atoms with van der Waals surface area (Å²) in [6, 6.07) is 6.80. The number of benzene rings is 1. The van der Waals surface area contributed by atoms with E-state index >= 15 is 0 Å². The Balaban J connectivity index is 2.09. The van der Waals surface area contributed by atoms with Crippen LogP contribution in [0.25, 0.3) is 5.69 Å². The lowest BCUT2D eigenvalue weighted by molar-refractivity contribution is 0.606. The average Bonchev–Trinajstić information content (AvgIpc) is 3.13. The van der Waals surface area contributed by atoms with Crippen molar-refractivity contribution in [3.8, 4) is 5.69 Å². The van der Waals surface area contributed by atoms with Crippen LogP contribution in [0.2, 0.25) is 0 Å². The Morgan fingerprint density at radius 1 is 1.39 bits per heavy atom. The van der Waals surface area contributed by atoms with Crippen LogP contribution in [-0.2, 0) is 6.54 Å². The first-order chi connectivity index (χ1) is 8.81. The highest BCUT2D eigenvalue weighted by Gasteiger charge is 2.30. The van der Waals surface area contributed by atoms with Gasteiger partial charge in [0.15, 0.2) is 0 Å². The van der Waals surface area contributed by atoms with Crippen molar-refractivity contribution in [2.24, 2.45) is 0 Å². The molecule has 94 valence electrons. The van der Waals surface area contributed by atoms with Gasteiger partial charge in [-0.05, 0) is 32.0 Å². The highest BCUT2D eigenvalue weighted by atomic mass is 19.1. The first kappa shape index (κ1) is 11.4. The van der Waals surface area contributed by atoms with Gasteiger partial charge in [-0.15, -0.1) is 0 Å². The standard InChI is InChI=1S/C14H16FN3/c1-16-8-11-9-17-18(14(11)10-6-7-10)13-5-3-2-4-12(13)15/h2-5,9-10,16H,6-8H2,1H3. The van der Waals surface area contributed by atoms with Crippen LogP contribution in [0.15, 0.2) is 30.5 Å². The number of halogens is 1. The molecular weight excluding hydrogens is 229 g/mol. The normalized spacial score (nSPS) is 15.0. The van der Waals surface area contributed by atoms with Crippen LogP contribution in [0.1, 0.15) is 30.0 Å². The maximum atomic E-state index is 13.9. The van der Waals surface area contributed by atoms with Gasteiger partial charge in [0.25, 0.3) is 0 Å². The predicted octanol–water partition coefficient (Wildman–Crippen LogP) is 2.61. The van der Waals surface area contributed by atoms with Crippen molar-refractivity contribution in [2.75, 3.05) is 7.05 Å². The fourth-order valence-electron chi connectivity index (χ4n) is 2.33. The SMILES string of the molecule is CNCc1cnn(-c2ccccc2F)c1C1CC1. The molecule has 0 aliphatic heterocycles. The van der Waals surface area contributed by atoms with E-state index in [4.69, 9.17) is 0 Å². The van der Waals surface area contributed by atoms with E-state index < -0.39 is 0 Å². The zero-order valence-corrected chi connectivity index (χ0v) is 10.4. The Labute approximate surface area is 106 Å². The fraction of sp³-hybridized carbons (Fsp3) is 0.357. The van der Waals surface area contributed by atoms with Crippen LogP contribution in [0, 0.1) is 5.82 Å². The van der Waals surface area contributed by atoms with Crippen LogP contribution in [0.3, 0.4) is 0 Å². The second-order valence-electron chi connectivity index (χ2n) is 4.72. The molecule has 0 unspecified atom stereocenters. The van der Waals surface area contributed by atoms with Crippen LogP contribution in [-0.4, -0.2) is 16.8 Å². The van der Waals surface area contributed by atoms with Gasteiger partial charge in [0, 0.05) is 18.0 Å². The van der Waals surface area contributed by atoms with E-state index in [1.54, 1.807) is 16.8 Å². The van der Waals surface area contributed by atoms with Gasteiger partial charge < -0.3 is 5.32 Å². The monoisotopic (exact) mass is 245 g/mol. The summed E-state index contributed by atoms with van der Waals surface area (Å²) in [5.74, 6) is 0.314. The minimum Gasteiger partial charge on any atom is -0.316 e. The number of hydrogen-bond acceptors (Lipinski definition) is 2. The minimum absolute atomic E-state index is 0.224. The van der Waals surface area contributed by atoms with Crippen molar-refractivity contribution < 1.29 is 4.39 Å². The van der Waals surface area contributed by atoms with E-state index in [9.17, 15) is 4.39 Å². The van der Waals surface area contributed by atoms with Crippen molar-refractivity contribution in [3.05, 3.63) is 47.5 Å². The largest absolute Gasteiger partial charge is 0.316 e. The summed E-state index contributed by atoms with van der Waals surface area (Å²) in [6.07, 6.45) is 4.20. The molecule has 0 atom stereocenters. The van der Waals surface area contributed by atoms with E-state index in [-0.39, 0.29) is 5.82 Å². The summed E-state index contributed by atoms with van der Waals surface area (Å²) in [7, 11) is 1.91. The van der Waals surface area contributed by atoms with Gasteiger partial charge in [-0.3, -0.25) is 0 Å². The summed E-state index contributed by atoms with van der Waals surface area (Å²) in [4.78, 5) is 0. The van der Waals surface area contributed by atoms with E-state index in [0.29, 0.717) is 11.6 Å². The molecule has 3 rings (SSSR count). The Hall–Kier alpha value is -1.68. The van der Waals surface area contributed by atoms with E-state index in [0.717, 1.165) is 12.2 Å². The molecule has 18 heavy (non-hydrogen) atoms. The summed E-state index contributed by atoms with van der Waals surface area (Å²) < 4.78 is 15.6. The number of para-hydroxylation sites is 1. The maximum Gasteiger partial charge on any atom is 0.148 e.